The zero-order valence-electron chi connectivity index (χ0n) is 16.7. The molecule has 0 aromatic heterocycles. The monoisotopic (exact) mass is 396 g/mol. The predicted molar refractivity (Wildman–Crippen MR) is 115 cm³/mol. The molecule has 0 fully saturated rings. The predicted octanol–water partition coefficient (Wildman–Crippen LogP) is 2.02. The fourth-order valence-electron chi connectivity index (χ4n) is 2.57. The number of carbonyl (C=O) groups excluding carboxylic acids is 1. The number of para-hydroxylation sites is 1. The van der Waals surface area contributed by atoms with Gasteiger partial charge < -0.3 is 25.8 Å². The lowest BCUT2D eigenvalue weighted by Gasteiger charge is -2.14. The molecule has 1 amide bonds. The second kappa shape index (κ2) is 12.1. The molecule has 2 aromatic rings. The van der Waals surface area contributed by atoms with Crippen LogP contribution in [0.1, 0.15) is 11.1 Å². The topological polar surface area (TPSA) is 98.0 Å². The van der Waals surface area contributed by atoms with Crippen molar-refractivity contribution in [2.24, 2.45) is 10.7 Å². The van der Waals surface area contributed by atoms with Gasteiger partial charge in [-0.2, -0.15) is 0 Å². The van der Waals surface area contributed by atoms with E-state index in [1.54, 1.807) is 13.1 Å². The minimum absolute atomic E-state index is 0.120. The Hall–Kier alpha value is -3.48. The molecule has 154 valence electrons. The van der Waals surface area contributed by atoms with Gasteiger partial charge in [-0.1, -0.05) is 43.0 Å². The van der Waals surface area contributed by atoms with E-state index in [2.05, 4.69) is 22.2 Å². The number of nitrogens with one attached hydrogen (secondary N) is 2. The lowest BCUT2D eigenvalue weighted by atomic mass is 10.1. The Balaban J connectivity index is 1.78. The summed E-state index contributed by atoms with van der Waals surface area (Å²) < 4.78 is 10.9. The first-order valence-electron chi connectivity index (χ1n) is 9.38. The molecular formula is C22H28N4O3. The molecule has 0 spiro atoms. The Morgan fingerprint density at radius 1 is 1.14 bits per heavy atom. The SMILES string of the molecule is C=CCOc1ccccc1CNC(=NC)NCCc1ccc(OCC(N)=O)cc1. The van der Waals surface area contributed by atoms with E-state index in [1.807, 2.05) is 48.5 Å². The zero-order chi connectivity index (χ0) is 20.9. The summed E-state index contributed by atoms with van der Waals surface area (Å²) in [6.45, 7) is 5.34. The van der Waals surface area contributed by atoms with Crippen molar-refractivity contribution in [1.82, 2.24) is 10.6 Å². The second-order valence-electron chi connectivity index (χ2n) is 6.21. The number of amides is 1. The minimum Gasteiger partial charge on any atom is -0.489 e. The Morgan fingerprint density at radius 3 is 2.59 bits per heavy atom. The van der Waals surface area contributed by atoms with Gasteiger partial charge in [0.25, 0.3) is 5.91 Å². The van der Waals surface area contributed by atoms with E-state index < -0.39 is 5.91 Å². The summed E-state index contributed by atoms with van der Waals surface area (Å²) in [5, 5.41) is 6.59. The second-order valence-corrected chi connectivity index (χ2v) is 6.21. The molecule has 7 heteroatoms. The molecule has 0 atom stereocenters. The molecule has 0 saturated carbocycles. The molecule has 2 aromatic carbocycles. The van der Waals surface area contributed by atoms with Crippen LogP contribution in [-0.2, 0) is 17.8 Å². The maximum atomic E-state index is 10.7. The Bertz CT molecular complexity index is 819. The molecule has 0 heterocycles. The molecular weight excluding hydrogens is 368 g/mol. The molecule has 0 saturated heterocycles. The van der Waals surface area contributed by atoms with Crippen LogP contribution in [-0.4, -0.2) is 38.7 Å². The highest BCUT2D eigenvalue weighted by atomic mass is 16.5. The lowest BCUT2D eigenvalue weighted by molar-refractivity contribution is -0.119. The number of primary amides is 1. The molecule has 0 aliphatic carbocycles. The van der Waals surface area contributed by atoms with Crippen LogP contribution in [0.15, 0.2) is 66.2 Å². The van der Waals surface area contributed by atoms with Crippen LogP contribution in [0.5, 0.6) is 11.5 Å². The highest BCUT2D eigenvalue weighted by molar-refractivity contribution is 5.79. The smallest absolute Gasteiger partial charge is 0.255 e. The number of ether oxygens (including phenoxy) is 2. The summed E-state index contributed by atoms with van der Waals surface area (Å²) in [5.74, 6) is 1.67. The van der Waals surface area contributed by atoms with E-state index >= 15 is 0 Å². The molecule has 4 N–H and O–H groups in total. The highest BCUT2D eigenvalue weighted by Gasteiger charge is 2.04. The summed E-state index contributed by atoms with van der Waals surface area (Å²) in [5.41, 5.74) is 7.26. The summed E-state index contributed by atoms with van der Waals surface area (Å²) in [6, 6.07) is 15.4. The van der Waals surface area contributed by atoms with Crippen LogP contribution in [0.4, 0.5) is 0 Å². The van der Waals surface area contributed by atoms with Crippen LogP contribution in [0.3, 0.4) is 0 Å². The number of nitrogens with zero attached hydrogens (tertiary/aromatic N) is 1. The quantitative estimate of drug-likeness (QED) is 0.307. The van der Waals surface area contributed by atoms with Gasteiger partial charge >= 0.3 is 0 Å². The average Bonchev–Trinajstić information content (AvgIpc) is 2.74. The van der Waals surface area contributed by atoms with E-state index in [4.69, 9.17) is 15.2 Å². The number of rotatable bonds is 11. The van der Waals surface area contributed by atoms with Crippen molar-refractivity contribution < 1.29 is 14.3 Å². The van der Waals surface area contributed by atoms with Gasteiger partial charge in [0.2, 0.25) is 0 Å². The standard InChI is InChI=1S/C22H28N4O3/c1-3-14-28-20-7-5-4-6-18(20)15-26-22(24-2)25-13-12-17-8-10-19(11-9-17)29-16-21(23)27/h3-11H,1,12-16H2,2H3,(H2,23,27)(H2,24,25,26). The maximum Gasteiger partial charge on any atom is 0.255 e. The highest BCUT2D eigenvalue weighted by Crippen LogP contribution is 2.17. The van der Waals surface area contributed by atoms with Gasteiger partial charge in [0.05, 0.1) is 0 Å². The van der Waals surface area contributed by atoms with Gasteiger partial charge in [0.15, 0.2) is 12.6 Å². The Morgan fingerprint density at radius 2 is 1.90 bits per heavy atom. The third kappa shape index (κ3) is 7.96. The largest absolute Gasteiger partial charge is 0.489 e. The van der Waals surface area contributed by atoms with Crippen LogP contribution < -0.4 is 25.8 Å². The van der Waals surface area contributed by atoms with Crippen molar-refractivity contribution in [3.05, 3.63) is 72.3 Å². The number of hydrogen-bond donors (Lipinski definition) is 3. The third-order valence-corrected chi connectivity index (χ3v) is 4.01. The summed E-state index contributed by atoms with van der Waals surface area (Å²) >= 11 is 0. The van der Waals surface area contributed by atoms with E-state index in [0.29, 0.717) is 24.9 Å². The first-order valence-corrected chi connectivity index (χ1v) is 9.38. The number of carbonyl (C=O) groups is 1. The van der Waals surface area contributed by atoms with Gasteiger partial charge in [0.1, 0.15) is 18.1 Å². The summed E-state index contributed by atoms with van der Waals surface area (Å²) in [4.78, 5) is 15.0. The minimum atomic E-state index is -0.493. The van der Waals surface area contributed by atoms with E-state index in [1.165, 1.54) is 0 Å². The fourth-order valence-corrected chi connectivity index (χ4v) is 2.57. The van der Waals surface area contributed by atoms with Crippen molar-refractivity contribution >= 4 is 11.9 Å². The van der Waals surface area contributed by atoms with Gasteiger partial charge in [-0.3, -0.25) is 9.79 Å². The molecule has 0 aliphatic heterocycles. The van der Waals surface area contributed by atoms with Crippen molar-refractivity contribution in [3.8, 4) is 11.5 Å². The van der Waals surface area contributed by atoms with Gasteiger partial charge in [-0.25, -0.2) is 0 Å². The van der Waals surface area contributed by atoms with Gasteiger partial charge in [0, 0.05) is 25.7 Å². The molecule has 29 heavy (non-hydrogen) atoms. The molecule has 0 unspecified atom stereocenters. The van der Waals surface area contributed by atoms with Crippen molar-refractivity contribution in [1.29, 1.82) is 0 Å². The van der Waals surface area contributed by atoms with Crippen molar-refractivity contribution in [2.45, 2.75) is 13.0 Å². The fraction of sp³-hybridized carbons (Fsp3) is 0.273. The Labute approximate surface area is 171 Å². The van der Waals surface area contributed by atoms with Crippen LogP contribution in [0.25, 0.3) is 0 Å². The molecule has 2 rings (SSSR count). The normalized spacial score (nSPS) is 10.9. The molecule has 7 nitrogen and oxygen atoms in total. The number of guanidine groups is 1. The molecule has 0 radical (unpaired) electrons. The lowest BCUT2D eigenvalue weighted by Crippen LogP contribution is -2.37. The number of hydrogen-bond acceptors (Lipinski definition) is 4. The van der Waals surface area contributed by atoms with Gasteiger partial charge in [-0.05, 0) is 30.2 Å². The average molecular weight is 396 g/mol. The maximum absolute atomic E-state index is 10.7. The molecule has 0 aliphatic rings. The first kappa shape index (κ1) is 21.8. The van der Waals surface area contributed by atoms with Crippen LogP contribution in [0, 0.1) is 0 Å². The first-order chi connectivity index (χ1) is 14.1. The number of aliphatic imine (C=N–C) groups is 1. The van der Waals surface area contributed by atoms with Crippen molar-refractivity contribution in [3.63, 3.8) is 0 Å². The van der Waals surface area contributed by atoms with E-state index in [9.17, 15) is 4.79 Å². The zero-order valence-corrected chi connectivity index (χ0v) is 16.7. The third-order valence-electron chi connectivity index (χ3n) is 4.01. The van der Waals surface area contributed by atoms with Crippen LogP contribution in [0.2, 0.25) is 0 Å². The van der Waals surface area contributed by atoms with Gasteiger partial charge in [-0.15, -0.1) is 0 Å². The van der Waals surface area contributed by atoms with E-state index in [0.717, 1.165) is 29.8 Å². The number of benzene rings is 2. The number of nitrogens with two attached hydrogens (primary N) is 1. The summed E-state index contributed by atoms with van der Waals surface area (Å²) in [6.07, 6.45) is 2.54. The Kier molecular flexibility index (Phi) is 9.08. The van der Waals surface area contributed by atoms with Crippen molar-refractivity contribution in [2.75, 3.05) is 26.8 Å². The van der Waals surface area contributed by atoms with E-state index in [-0.39, 0.29) is 6.61 Å². The summed E-state index contributed by atoms with van der Waals surface area (Å²) in [7, 11) is 1.74. The molecule has 0 bridgehead atoms. The van der Waals surface area contributed by atoms with Crippen LogP contribution >= 0.6 is 0 Å².